The first-order chi connectivity index (χ1) is 9.20. The van der Waals surface area contributed by atoms with E-state index in [-0.39, 0.29) is 0 Å². The Morgan fingerprint density at radius 1 is 1.26 bits per heavy atom. The molecule has 2 rings (SSSR count). The van der Waals surface area contributed by atoms with E-state index in [1.165, 1.54) is 6.21 Å². The number of benzene rings is 2. The number of rotatable bonds is 4. The molecule has 0 radical (unpaired) electrons. The van der Waals surface area contributed by atoms with E-state index in [2.05, 4.69) is 43.7 Å². The van der Waals surface area contributed by atoms with Crippen molar-refractivity contribution in [3.8, 4) is 5.75 Å². The maximum atomic E-state index is 8.71. The highest BCUT2D eigenvalue weighted by Crippen LogP contribution is 2.29. The van der Waals surface area contributed by atoms with Crippen molar-refractivity contribution in [2.75, 3.05) is 0 Å². The predicted octanol–water partition coefficient (Wildman–Crippen LogP) is 4.44. The van der Waals surface area contributed by atoms with Gasteiger partial charge in [0.25, 0.3) is 0 Å². The highest BCUT2D eigenvalue weighted by molar-refractivity contribution is 14.1. The number of nitrogens with zero attached hydrogens (tertiary/aromatic N) is 1. The lowest BCUT2D eigenvalue weighted by Crippen LogP contribution is -2.00. The Morgan fingerprint density at radius 2 is 2.00 bits per heavy atom. The van der Waals surface area contributed by atoms with Crippen LogP contribution in [0.5, 0.6) is 5.75 Å². The normalized spacial score (nSPS) is 10.8. The van der Waals surface area contributed by atoms with Crippen molar-refractivity contribution in [1.29, 1.82) is 0 Å². The molecule has 19 heavy (non-hydrogen) atoms. The Morgan fingerprint density at radius 3 is 2.68 bits per heavy atom. The van der Waals surface area contributed by atoms with Gasteiger partial charge in [0, 0.05) is 10.0 Å². The molecular weight excluding hydrogens is 421 g/mol. The molecule has 0 aliphatic heterocycles. The maximum absolute atomic E-state index is 8.71. The first-order valence-electron chi connectivity index (χ1n) is 5.54. The molecule has 0 saturated carbocycles. The van der Waals surface area contributed by atoms with Gasteiger partial charge in [-0.25, -0.2) is 0 Å². The van der Waals surface area contributed by atoms with Gasteiger partial charge in [-0.1, -0.05) is 51.4 Å². The van der Waals surface area contributed by atoms with Crippen LogP contribution in [0.4, 0.5) is 0 Å². The number of halogens is 2. The zero-order valence-electron chi connectivity index (χ0n) is 9.88. The van der Waals surface area contributed by atoms with Gasteiger partial charge in [0.2, 0.25) is 0 Å². The molecule has 1 N–H and O–H groups in total. The number of oxime groups is 1. The van der Waals surface area contributed by atoms with Crippen LogP contribution in [0.25, 0.3) is 0 Å². The minimum Gasteiger partial charge on any atom is -0.487 e. The molecule has 0 fully saturated rings. The zero-order chi connectivity index (χ0) is 13.7. The second-order valence-electron chi connectivity index (χ2n) is 3.82. The summed E-state index contributed by atoms with van der Waals surface area (Å²) in [5.41, 5.74) is 1.82. The van der Waals surface area contributed by atoms with E-state index in [4.69, 9.17) is 9.94 Å². The molecule has 0 amide bonds. The van der Waals surface area contributed by atoms with Gasteiger partial charge >= 0.3 is 0 Å². The summed E-state index contributed by atoms with van der Waals surface area (Å²) in [6, 6.07) is 13.7. The maximum Gasteiger partial charge on any atom is 0.142 e. The molecule has 98 valence electrons. The first kappa shape index (κ1) is 14.3. The van der Waals surface area contributed by atoms with Crippen molar-refractivity contribution < 1.29 is 9.94 Å². The largest absolute Gasteiger partial charge is 0.487 e. The highest BCUT2D eigenvalue weighted by atomic mass is 127. The molecule has 0 atom stereocenters. The average Bonchev–Trinajstić information content (AvgIpc) is 2.39. The quantitative estimate of drug-likeness (QED) is 0.336. The van der Waals surface area contributed by atoms with Crippen molar-refractivity contribution in [2.24, 2.45) is 5.16 Å². The fourth-order valence-corrected chi connectivity index (χ4v) is 3.33. The Kier molecular flexibility index (Phi) is 5.21. The highest BCUT2D eigenvalue weighted by Gasteiger charge is 2.09. The average molecular weight is 432 g/mol. The summed E-state index contributed by atoms with van der Waals surface area (Å²) < 4.78 is 7.70. The van der Waals surface area contributed by atoms with Crippen LogP contribution in [0, 0.1) is 3.57 Å². The van der Waals surface area contributed by atoms with Crippen LogP contribution in [0.2, 0.25) is 0 Å². The van der Waals surface area contributed by atoms with E-state index in [1.54, 1.807) is 0 Å². The molecule has 0 heterocycles. The van der Waals surface area contributed by atoms with Crippen molar-refractivity contribution in [1.82, 2.24) is 0 Å². The van der Waals surface area contributed by atoms with Crippen molar-refractivity contribution >= 4 is 44.7 Å². The van der Waals surface area contributed by atoms with Gasteiger partial charge in [-0.2, -0.15) is 0 Å². The molecular formula is C14H11BrINO2. The summed E-state index contributed by atoms with van der Waals surface area (Å²) >= 11 is 5.61. The first-order valence-corrected chi connectivity index (χ1v) is 7.41. The van der Waals surface area contributed by atoms with Gasteiger partial charge in [-0.3, -0.25) is 0 Å². The van der Waals surface area contributed by atoms with Gasteiger partial charge in [0.05, 0.1) is 9.78 Å². The molecule has 0 spiro atoms. The summed E-state index contributed by atoms with van der Waals surface area (Å²) in [6.45, 7) is 0.477. The number of ether oxygens (including phenoxy) is 1. The van der Waals surface area contributed by atoms with E-state index < -0.39 is 0 Å². The number of hydrogen-bond acceptors (Lipinski definition) is 3. The van der Waals surface area contributed by atoms with Crippen LogP contribution < -0.4 is 4.74 Å². The van der Waals surface area contributed by atoms with Crippen LogP contribution in [0.15, 0.2) is 52.1 Å². The molecule has 0 aliphatic rings. The summed E-state index contributed by atoms with van der Waals surface area (Å²) in [5.74, 6) is 0.713. The van der Waals surface area contributed by atoms with Gasteiger partial charge in [0.1, 0.15) is 12.4 Å². The predicted molar refractivity (Wildman–Crippen MR) is 87.0 cm³/mol. The molecule has 0 aliphatic carbocycles. The Labute approximate surface area is 133 Å². The van der Waals surface area contributed by atoms with Crippen LogP contribution in [-0.2, 0) is 6.61 Å². The van der Waals surface area contributed by atoms with Gasteiger partial charge in [0.15, 0.2) is 0 Å². The third kappa shape index (κ3) is 3.94. The van der Waals surface area contributed by atoms with Crippen LogP contribution in [0.1, 0.15) is 11.1 Å². The fraction of sp³-hybridized carbons (Fsp3) is 0.0714. The van der Waals surface area contributed by atoms with E-state index >= 15 is 0 Å². The van der Waals surface area contributed by atoms with Crippen molar-refractivity contribution in [3.05, 3.63) is 61.6 Å². The second-order valence-corrected chi connectivity index (χ2v) is 5.90. The van der Waals surface area contributed by atoms with Crippen molar-refractivity contribution in [2.45, 2.75) is 6.61 Å². The summed E-state index contributed by atoms with van der Waals surface area (Å²) in [5, 5.41) is 11.8. The topological polar surface area (TPSA) is 41.8 Å². The third-order valence-corrected chi connectivity index (χ3v) is 3.72. The van der Waals surface area contributed by atoms with Crippen LogP contribution >= 0.6 is 38.5 Å². The van der Waals surface area contributed by atoms with E-state index in [1.807, 2.05) is 42.5 Å². The zero-order valence-corrected chi connectivity index (χ0v) is 13.6. The van der Waals surface area contributed by atoms with E-state index in [0.29, 0.717) is 12.4 Å². The minimum absolute atomic E-state index is 0.477. The lowest BCUT2D eigenvalue weighted by Gasteiger charge is -2.11. The molecule has 3 nitrogen and oxygen atoms in total. The molecule has 2 aromatic carbocycles. The lowest BCUT2D eigenvalue weighted by atomic mass is 10.2. The molecule has 2 aromatic rings. The summed E-state index contributed by atoms with van der Waals surface area (Å²) in [7, 11) is 0. The molecule has 0 unspecified atom stereocenters. The number of hydrogen-bond donors (Lipinski definition) is 1. The Bertz CT molecular complexity index is 587. The van der Waals surface area contributed by atoms with Gasteiger partial charge in [-0.05, 0) is 40.3 Å². The van der Waals surface area contributed by atoms with Crippen LogP contribution in [-0.4, -0.2) is 11.4 Å². The van der Waals surface area contributed by atoms with E-state index in [9.17, 15) is 0 Å². The third-order valence-electron chi connectivity index (χ3n) is 2.46. The minimum atomic E-state index is 0.477. The molecule has 0 saturated heterocycles. The Balaban J connectivity index is 2.24. The molecule has 0 bridgehead atoms. The SMILES string of the molecule is O/N=C/c1cc(Br)cc(I)c1OCc1ccccc1. The van der Waals surface area contributed by atoms with Gasteiger partial charge in [-0.15, -0.1) is 0 Å². The van der Waals surface area contributed by atoms with Crippen LogP contribution in [0.3, 0.4) is 0 Å². The fourth-order valence-electron chi connectivity index (χ4n) is 1.62. The standard InChI is InChI=1S/C14H11BrINO2/c15-12-6-11(8-17-18)14(13(16)7-12)19-9-10-4-2-1-3-5-10/h1-8,18H,9H2/b17-8+. The molecule has 5 heteroatoms. The van der Waals surface area contributed by atoms with Gasteiger partial charge < -0.3 is 9.94 Å². The summed E-state index contributed by atoms with van der Waals surface area (Å²) in [4.78, 5) is 0. The second kappa shape index (κ2) is 6.91. The van der Waals surface area contributed by atoms with Crippen molar-refractivity contribution in [3.63, 3.8) is 0 Å². The smallest absolute Gasteiger partial charge is 0.142 e. The Hall–Kier alpha value is -1.08. The summed E-state index contributed by atoms with van der Waals surface area (Å²) in [6.07, 6.45) is 1.37. The lowest BCUT2D eigenvalue weighted by molar-refractivity contribution is 0.302. The monoisotopic (exact) mass is 431 g/mol. The van der Waals surface area contributed by atoms with E-state index in [0.717, 1.165) is 19.2 Å². The molecule has 0 aromatic heterocycles.